The third-order valence-corrected chi connectivity index (χ3v) is 5.37. The van der Waals surface area contributed by atoms with E-state index in [2.05, 4.69) is 17.1 Å². The van der Waals surface area contributed by atoms with Gasteiger partial charge in [0.1, 0.15) is 0 Å². The fraction of sp³-hybridized carbons (Fsp3) is 0.941. The van der Waals surface area contributed by atoms with Gasteiger partial charge in [0.2, 0.25) is 5.91 Å². The van der Waals surface area contributed by atoms with Gasteiger partial charge in [-0.05, 0) is 51.4 Å². The van der Waals surface area contributed by atoms with E-state index in [4.69, 9.17) is 4.74 Å². The molecule has 4 nitrogen and oxygen atoms in total. The van der Waals surface area contributed by atoms with E-state index in [0.717, 1.165) is 25.5 Å². The molecule has 0 aromatic carbocycles. The van der Waals surface area contributed by atoms with Gasteiger partial charge in [-0.3, -0.25) is 9.69 Å². The van der Waals surface area contributed by atoms with E-state index < -0.39 is 0 Å². The molecular formula is C17H30N2O2. The molecule has 1 aliphatic heterocycles. The van der Waals surface area contributed by atoms with Crippen molar-refractivity contribution in [1.29, 1.82) is 0 Å². The number of amides is 1. The highest BCUT2D eigenvalue weighted by molar-refractivity contribution is 5.78. The van der Waals surface area contributed by atoms with E-state index in [0.29, 0.717) is 24.7 Å². The van der Waals surface area contributed by atoms with Crippen LogP contribution in [-0.4, -0.2) is 48.7 Å². The molecule has 4 heteroatoms. The van der Waals surface area contributed by atoms with Crippen LogP contribution in [0.25, 0.3) is 0 Å². The number of nitrogens with zero attached hydrogens (tertiary/aromatic N) is 1. The normalized spacial score (nSPS) is 28.2. The van der Waals surface area contributed by atoms with Crippen molar-refractivity contribution in [3.05, 3.63) is 0 Å². The predicted octanol–water partition coefficient (Wildman–Crippen LogP) is 2.32. The highest BCUT2D eigenvalue weighted by Crippen LogP contribution is 2.32. The summed E-state index contributed by atoms with van der Waals surface area (Å²) in [5, 5.41) is 3.20. The Morgan fingerprint density at radius 1 is 1.19 bits per heavy atom. The van der Waals surface area contributed by atoms with Crippen LogP contribution in [0.2, 0.25) is 0 Å². The standard InChI is InChI=1S/C17H30N2O2/c1-13(14-8-9-14)18-17(20)12-19(15-5-2-3-6-15)11-16-7-4-10-21-16/h13-16H,2-12H2,1H3,(H,18,20)/t13-,16-/m1/s1. The van der Waals surface area contributed by atoms with Gasteiger partial charge in [-0.1, -0.05) is 12.8 Å². The third-order valence-electron chi connectivity index (χ3n) is 5.37. The van der Waals surface area contributed by atoms with Gasteiger partial charge in [0.15, 0.2) is 0 Å². The van der Waals surface area contributed by atoms with Gasteiger partial charge in [0.05, 0.1) is 12.6 Å². The first-order valence-corrected chi connectivity index (χ1v) is 8.87. The maximum Gasteiger partial charge on any atom is 0.234 e. The van der Waals surface area contributed by atoms with Gasteiger partial charge in [-0.15, -0.1) is 0 Å². The number of hydrogen-bond acceptors (Lipinski definition) is 3. The van der Waals surface area contributed by atoms with Crippen molar-refractivity contribution in [1.82, 2.24) is 10.2 Å². The molecule has 3 fully saturated rings. The van der Waals surface area contributed by atoms with E-state index in [1.807, 2.05) is 0 Å². The maximum atomic E-state index is 12.3. The minimum Gasteiger partial charge on any atom is -0.377 e. The average molecular weight is 294 g/mol. The smallest absolute Gasteiger partial charge is 0.234 e. The molecule has 1 saturated heterocycles. The zero-order chi connectivity index (χ0) is 14.7. The molecule has 1 N–H and O–H groups in total. The van der Waals surface area contributed by atoms with Crippen molar-refractivity contribution >= 4 is 5.91 Å². The first-order valence-electron chi connectivity index (χ1n) is 8.87. The molecule has 120 valence electrons. The molecule has 0 unspecified atom stereocenters. The summed E-state index contributed by atoms with van der Waals surface area (Å²) in [7, 11) is 0. The lowest BCUT2D eigenvalue weighted by Crippen LogP contribution is -2.47. The molecule has 2 aliphatic carbocycles. The van der Waals surface area contributed by atoms with Crippen LogP contribution in [0, 0.1) is 5.92 Å². The number of carbonyl (C=O) groups excluding carboxylic acids is 1. The number of ether oxygens (including phenoxy) is 1. The van der Waals surface area contributed by atoms with Crippen molar-refractivity contribution in [2.45, 2.75) is 76.5 Å². The lowest BCUT2D eigenvalue weighted by Gasteiger charge is -2.30. The minimum atomic E-state index is 0.208. The fourth-order valence-electron chi connectivity index (χ4n) is 3.86. The van der Waals surface area contributed by atoms with Crippen LogP contribution in [0.5, 0.6) is 0 Å². The van der Waals surface area contributed by atoms with E-state index in [9.17, 15) is 4.79 Å². The maximum absolute atomic E-state index is 12.3. The number of carbonyl (C=O) groups is 1. The molecule has 3 rings (SSSR count). The minimum absolute atomic E-state index is 0.208. The van der Waals surface area contributed by atoms with Gasteiger partial charge in [0.25, 0.3) is 0 Å². The summed E-state index contributed by atoms with van der Waals surface area (Å²) in [6.45, 7) is 4.54. The van der Waals surface area contributed by atoms with Gasteiger partial charge in [-0.25, -0.2) is 0 Å². The van der Waals surface area contributed by atoms with Crippen LogP contribution in [0.4, 0.5) is 0 Å². The zero-order valence-electron chi connectivity index (χ0n) is 13.4. The molecule has 3 aliphatic rings. The lowest BCUT2D eigenvalue weighted by molar-refractivity contribution is -0.124. The predicted molar refractivity (Wildman–Crippen MR) is 83.1 cm³/mol. The Balaban J connectivity index is 1.51. The Bertz CT molecular complexity index is 345. The fourth-order valence-corrected chi connectivity index (χ4v) is 3.86. The van der Waals surface area contributed by atoms with E-state index in [1.54, 1.807) is 0 Å². The second-order valence-corrected chi connectivity index (χ2v) is 7.20. The molecule has 0 spiro atoms. The lowest BCUT2D eigenvalue weighted by atomic mass is 10.1. The van der Waals surface area contributed by atoms with E-state index >= 15 is 0 Å². The summed E-state index contributed by atoms with van der Waals surface area (Å²) < 4.78 is 5.78. The summed E-state index contributed by atoms with van der Waals surface area (Å²) in [6.07, 6.45) is 10.4. The Kier molecular flexibility index (Phi) is 5.17. The van der Waals surface area contributed by atoms with Gasteiger partial charge < -0.3 is 10.1 Å². The van der Waals surface area contributed by atoms with Crippen molar-refractivity contribution in [2.24, 2.45) is 5.92 Å². The highest BCUT2D eigenvalue weighted by atomic mass is 16.5. The topological polar surface area (TPSA) is 41.6 Å². The number of hydrogen-bond donors (Lipinski definition) is 1. The molecule has 0 radical (unpaired) electrons. The molecular weight excluding hydrogens is 264 g/mol. The highest BCUT2D eigenvalue weighted by Gasteiger charge is 2.31. The molecule has 0 aromatic rings. The van der Waals surface area contributed by atoms with Crippen molar-refractivity contribution in [3.8, 4) is 0 Å². The largest absolute Gasteiger partial charge is 0.377 e. The van der Waals surface area contributed by atoms with Gasteiger partial charge in [-0.2, -0.15) is 0 Å². The quantitative estimate of drug-likeness (QED) is 0.783. The van der Waals surface area contributed by atoms with Gasteiger partial charge >= 0.3 is 0 Å². The zero-order valence-corrected chi connectivity index (χ0v) is 13.4. The van der Waals surface area contributed by atoms with Crippen LogP contribution in [0.3, 0.4) is 0 Å². The molecule has 1 heterocycles. The van der Waals surface area contributed by atoms with Crippen molar-refractivity contribution in [2.75, 3.05) is 19.7 Å². The van der Waals surface area contributed by atoms with Crippen LogP contribution < -0.4 is 5.32 Å². The third kappa shape index (κ3) is 4.43. The number of rotatable bonds is 7. The Morgan fingerprint density at radius 2 is 1.95 bits per heavy atom. The Labute approximate surface area is 128 Å². The van der Waals surface area contributed by atoms with E-state index in [-0.39, 0.29) is 5.91 Å². The molecule has 2 saturated carbocycles. The molecule has 2 atom stereocenters. The summed E-state index contributed by atoms with van der Waals surface area (Å²) in [5.74, 6) is 0.936. The molecule has 21 heavy (non-hydrogen) atoms. The molecule has 1 amide bonds. The second kappa shape index (κ2) is 7.10. The SMILES string of the molecule is C[C@@H](NC(=O)CN(C[C@H]1CCCO1)C1CCCC1)C1CC1. The van der Waals surface area contributed by atoms with Crippen LogP contribution in [-0.2, 0) is 9.53 Å². The summed E-state index contributed by atoms with van der Waals surface area (Å²) in [4.78, 5) is 14.7. The Hall–Kier alpha value is -0.610. The summed E-state index contributed by atoms with van der Waals surface area (Å²) in [6, 6.07) is 0.946. The first-order chi connectivity index (χ1) is 10.2. The average Bonchev–Trinajstić information content (AvgIpc) is 2.96. The monoisotopic (exact) mass is 294 g/mol. The summed E-state index contributed by atoms with van der Waals surface area (Å²) >= 11 is 0. The number of nitrogens with one attached hydrogen (secondary N) is 1. The van der Waals surface area contributed by atoms with Crippen LogP contribution in [0.15, 0.2) is 0 Å². The molecule has 0 bridgehead atoms. The second-order valence-electron chi connectivity index (χ2n) is 7.20. The van der Waals surface area contributed by atoms with Gasteiger partial charge in [0, 0.05) is 25.2 Å². The Morgan fingerprint density at radius 3 is 2.57 bits per heavy atom. The van der Waals surface area contributed by atoms with Crippen molar-refractivity contribution < 1.29 is 9.53 Å². The molecule has 0 aromatic heterocycles. The first kappa shape index (κ1) is 15.3. The summed E-state index contributed by atoms with van der Waals surface area (Å²) in [5.41, 5.74) is 0. The van der Waals surface area contributed by atoms with Crippen LogP contribution >= 0.6 is 0 Å². The van der Waals surface area contributed by atoms with Crippen molar-refractivity contribution in [3.63, 3.8) is 0 Å². The van der Waals surface area contributed by atoms with E-state index in [1.165, 1.54) is 44.9 Å². The van der Waals surface area contributed by atoms with Crippen LogP contribution in [0.1, 0.15) is 58.3 Å².